The van der Waals surface area contributed by atoms with Gasteiger partial charge in [-0.15, -0.1) is 0 Å². The van der Waals surface area contributed by atoms with E-state index < -0.39 is 0 Å². The lowest BCUT2D eigenvalue weighted by Crippen LogP contribution is -2.46. The fraction of sp³-hybridized carbons (Fsp3) is 0.917. The summed E-state index contributed by atoms with van der Waals surface area (Å²) in [5.74, 6) is 1.21. The molecule has 1 N–H and O–H groups in total. The van der Waals surface area contributed by atoms with Gasteiger partial charge in [-0.05, 0) is 25.0 Å². The molecule has 1 aliphatic rings. The average molecular weight is 276 g/mol. The summed E-state index contributed by atoms with van der Waals surface area (Å²) in [6.07, 6.45) is 4.93. The molecule has 1 unspecified atom stereocenters. The van der Waals surface area contributed by atoms with Gasteiger partial charge in [-0.1, -0.05) is 6.42 Å². The molecule has 0 aliphatic carbocycles. The molecule has 0 saturated carbocycles. The van der Waals surface area contributed by atoms with Crippen LogP contribution in [-0.2, 0) is 4.79 Å². The molecule has 1 rings (SSSR count). The number of nitrogens with one attached hydrogen (secondary N) is 1. The van der Waals surface area contributed by atoms with Crippen LogP contribution in [0.25, 0.3) is 0 Å². The minimum absolute atomic E-state index is 0.316. The van der Waals surface area contributed by atoms with Crippen molar-refractivity contribution in [1.29, 1.82) is 0 Å². The number of piperazine rings is 1. The summed E-state index contributed by atoms with van der Waals surface area (Å²) in [5, 5.41) is 3.70. The Morgan fingerprint density at radius 2 is 1.94 bits per heavy atom. The van der Waals surface area contributed by atoms with E-state index in [1.807, 2.05) is 4.90 Å². The molecule has 1 heterocycles. The predicted molar refractivity (Wildman–Crippen MR) is 79.2 cm³/mol. The van der Waals surface area contributed by atoms with E-state index in [2.05, 4.69) is 30.6 Å². The van der Waals surface area contributed by atoms with Crippen molar-refractivity contribution in [2.75, 3.05) is 31.9 Å². The summed E-state index contributed by atoms with van der Waals surface area (Å²) in [6, 6.07) is 0. The van der Waals surface area contributed by atoms with Gasteiger partial charge in [0.25, 0.3) is 0 Å². The van der Waals surface area contributed by atoms with Gasteiger partial charge in [0.15, 0.2) is 0 Å². The van der Waals surface area contributed by atoms with Crippen LogP contribution < -0.4 is 5.32 Å². The number of carbonyl (C=O) groups excluding carboxylic acids is 1. The Bertz CT molecular complexity index is 221. The number of thiol groups is 2. The van der Waals surface area contributed by atoms with Crippen molar-refractivity contribution in [3.8, 4) is 0 Å². The second-order valence-corrected chi connectivity index (χ2v) is 5.72. The first-order valence-corrected chi connectivity index (χ1v) is 7.66. The highest BCUT2D eigenvalue weighted by Crippen LogP contribution is 2.13. The number of nitrogens with zero attached hydrogens (tertiary/aromatic N) is 1. The first kappa shape index (κ1) is 15.2. The minimum Gasteiger partial charge on any atom is -0.340 e. The van der Waals surface area contributed by atoms with Crippen molar-refractivity contribution in [2.45, 2.75) is 37.4 Å². The van der Waals surface area contributed by atoms with Gasteiger partial charge in [0, 0.05) is 37.8 Å². The highest BCUT2D eigenvalue weighted by atomic mass is 32.1. The van der Waals surface area contributed by atoms with Crippen LogP contribution in [0.4, 0.5) is 0 Å². The SMILES string of the molecule is O=C(CCCCC(S)CCS)N1CCNCC1. The van der Waals surface area contributed by atoms with E-state index in [4.69, 9.17) is 0 Å². The fourth-order valence-corrected chi connectivity index (χ4v) is 2.85. The van der Waals surface area contributed by atoms with E-state index >= 15 is 0 Å². The molecule has 100 valence electrons. The van der Waals surface area contributed by atoms with Crippen LogP contribution in [0.1, 0.15) is 32.1 Å². The molecule has 1 fully saturated rings. The number of amides is 1. The van der Waals surface area contributed by atoms with Crippen molar-refractivity contribution in [3.05, 3.63) is 0 Å². The van der Waals surface area contributed by atoms with Crippen LogP contribution in [0.2, 0.25) is 0 Å². The van der Waals surface area contributed by atoms with Crippen LogP contribution in [-0.4, -0.2) is 48.0 Å². The topological polar surface area (TPSA) is 32.3 Å². The molecule has 0 bridgehead atoms. The van der Waals surface area contributed by atoms with Crippen molar-refractivity contribution in [1.82, 2.24) is 10.2 Å². The molecular weight excluding hydrogens is 252 g/mol. The van der Waals surface area contributed by atoms with Crippen molar-refractivity contribution < 1.29 is 4.79 Å². The lowest BCUT2D eigenvalue weighted by Gasteiger charge is -2.27. The highest BCUT2D eigenvalue weighted by Gasteiger charge is 2.15. The zero-order valence-corrected chi connectivity index (χ0v) is 12.2. The van der Waals surface area contributed by atoms with Crippen LogP contribution in [0, 0.1) is 0 Å². The number of hydrogen-bond acceptors (Lipinski definition) is 4. The monoisotopic (exact) mass is 276 g/mol. The lowest BCUT2D eigenvalue weighted by molar-refractivity contribution is -0.131. The van der Waals surface area contributed by atoms with Gasteiger partial charge in [0.1, 0.15) is 0 Å². The largest absolute Gasteiger partial charge is 0.340 e. The third kappa shape index (κ3) is 6.58. The average Bonchev–Trinajstić information content (AvgIpc) is 2.36. The van der Waals surface area contributed by atoms with E-state index in [0.29, 0.717) is 17.6 Å². The first-order valence-electron chi connectivity index (χ1n) is 6.51. The van der Waals surface area contributed by atoms with Crippen molar-refractivity contribution >= 4 is 31.2 Å². The van der Waals surface area contributed by atoms with Crippen LogP contribution in [0.15, 0.2) is 0 Å². The number of rotatable bonds is 7. The molecule has 5 heteroatoms. The lowest BCUT2D eigenvalue weighted by atomic mass is 10.1. The number of carbonyl (C=O) groups is 1. The standard InChI is InChI=1S/C12H24N2OS2/c15-12(14-8-6-13-7-9-14)4-2-1-3-11(17)5-10-16/h11,13,16-17H,1-10H2. The Hall–Kier alpha value is 0.130. The summed E-state index contributed by atoms with van der Waals surface area (Å²) < 4.78 is 0. The molecule has 0 aromatic carbocycles. The molecular formula is C12H24N2OS2. The zero-order valence-electron chi connectivity index (χ0n) is 10.4. The Morgan fingerprint density at radius 1 is 1.24 bits per heavy atom. The molecule has 0 aromatic rings. The third-order valence-electron chi connectivity index (χ3n) is 3.11. The summed E-state index contributed by atoms with van der Waals surface area (Å²) >= 11 is 8.68. The smallest absolute Gasteiger partial charge is 0.222 e. The van der Waals surface area contributed by atoms with Gasteiger partial charge in [-0.2, -0.15) is 25.3 Å². The third-order valence-corrected chi connectivity index (χ3v) is 3.88. The Labute approximate surface area is 116 Å². The van der Waals surface area contributed by atoms with Crippen LogP contribution in [0.5, 0.6) is 0 Å². The normalized spacial score (nSPS) is 18.1. The molecule has 17 heavy (non-hydrogen) atoms. The summed E-state index contributed by atoms with van der Waals surface area (Å²) in [5.41, 5.74) is 0. The van der Waals surface area contributed by atoms with Gasteiger partial charge < -0.3 is 10.2 Å². The molecule has 1 atom stereocenters. The van der Waals surface area contributed by atoms with E-state index in [0.717, 1.165) is 57.6 Å². The second kappa shape index (κ2) is 9.11. The van der Waals surface area contributed by atoms with Gasteiger partial charge in [-0.3, -0.25) is 4.79 Å². The van der Waals surface area contributed by atoms with E-state index in [-0.39, 0.29) is 0 Å². The first-order chi connectivity index (χ1) is 8.24. The molecule has 1 amide bonds. The molecule has 0 aromatic heterocycles. The maximum Gasteiger partial charge on any atom is 0.222 e. The molecule has 3 nitrogen and oxygen atoms in total. The predicted octanol–water partition coefficient (Wildman–Crippen LogP) is 1.60. The Balaban J connectivity index is 2.03. The Morgan fingerprint density at radius 3 is 2.59 bits per heavy atom. The highest BCUT2D eigenvalue weighted by molar-refractivity contribution is 7.81. The maximum absolute atomic E-state index is 11.8. The minimum atomic E-state index is 0.316. The summed E-state index contributed by atoms with van der Waals surface area (Å²) in [7, 11) is 0. The summed E-state index contributed by atoms with van der Waals surface area (Å²) in [6.45, 7) is 3.61. The second-order valence-electron chi connectivity index (χ2n) is 4.54. The van der Waals surface area contributed by atoms with Crippen LogP contribution >= 0.6 is 25.3 Å². The summed E-state index contributed by atoms with van der Waals surface area (Å²) in [4.78, 5) is 13.8. The van der Waals surface area contributed by atoms with E-state index in [1.165, 1.54) is 0 Å². The van der Waals surface area contributed by atoms with E-state index in [1.54, 1.807) is 0 Å². The van der Waals surface area contributed by atoms with Gasteiger partial charge >= 0.3 is 0 Å². The van der Waals surface area contributed by atoms with E-state index in [9.17, 15) is 4.79 Å². The quantitative estimate of drug-likeness (QED) is 0.487. The Kier molecular flexibility index (Phi) is 8.14. The van der Waals surface area contributed by atoms with Crippen molar-refractivity contribution in [2.24, 2.45) is 0 Å². The molecule has 0 radical (unpaired) electrons. The zero-order chi connectivity index (χ0) is 12.5. The van der Waals surface area contributed by atoms with Gasteiger partial charge in [0.2, 0.25) is 5.91 Å². The molecule has 1 saturated heterocycles. The van der Waals surface area contributed by atoms with Crippen LogP contribution in [0.3, 0.4) is 0 Å². The number of hydrogen-bond donors (Lipinski definition) is 3. The van der Waals surface area contributed by atoms with Crippen molar-refractivity contribution in [3.63, 3.8) is 0 Å². The number of unbranched alkanes of at least 4 members (excludes halogenated alkanes) is 1. The van der Waals surface area contributed by atoms with Gasteiger partial charge in [0.05, 0.1) is 0 Å². The maximum atomic E-state index is 11.8. The van der Waals surface area contributed by atoms with Gasteiger partial charge in [-0.25, -0.2) is 0 Å². The molecule has 0 spiro atoms. The fourth-order valence-electron chi connectivity index (χ4n) is 2.02. The molecule has 1 aliphatic heterocycles.